The second-order valence-electron chi connectivity index (χ2n) is 15.9. The molecule has 6 rings (SSSR count). The van der Waals surface area contributed by atoms with E-state index in [2.05, 4.69) is 59.5 Å². The van der Waals surface area contributed by atoms with Crippen molar-refractivity contribution in [3.05, 3.63) is 29.1 Å². The normalized spacial score (nSPS) is 44.8. The SMILES string of the molecule is CCS(=O)(=O)c1ncc2c(n1)C(C)(C)C1CCC3(C)C(CC=C4C5C(C)C(C)CCC5(C(=O)O)CCC43C)C1(C)C2. The van der Waals surface area contributed by atoms with Gasteiger partial charge in [-0.15, -0.1) is 0 Å². The van der Waals surface area contributed by atoms with Crippen molar-refractivity contribution >= 4 is 15.8 Å². The Morgan fingerprint density at radius 2 is 1.73 bits per heavy atom. The van der Waals surface area contributed by atoms with Gasteiger partial charge in [-0.1, -0.05) is 67.0 Å². The van der Waals surface area contributed by atoms with Crippen molar-refractivity contribution in [2.75, 3.05) is 5.75 Å². The van der Waals surface area contributed by atoms with Crippen LogP contribution < -0.4 is 0 Å². The van der Waals surface area contributed by atoms with E-state index < -0.39 is 21.2 Å². The molecule has 5 aliphatic carbocycles. The van der Waals surface area contributed by atoms with E-state index in [0.717, 1.165) is 62.6 Å². The number of rotatable bonds is 3. The summed E-state index contributed by atoms with van der Waals surface area (Å²) < 4.78 is 25.4. The summed E-state index contributed by atoms with van der Waals surface area (Å²) >= 11 is 0. The molecular formula is C34H50N2O4S. The van der Waals surface area contributed by atoms with Crippen molar-refractivity contribution in [3.63, 3.8) is 0 Å². The van der Waals surface area contributed by atoms with Gasteiger partial charge < -0.3 is 5.11 Å². The number of carboxylic acids is 1. The summed E-state index contributed by atoms with van der Waals surface area (Å²) in [7, 11) is -3.48. The van der Waals surface area contributed by atoms with Crippen molar-refractivity contribution < 1.29 is 18.3 Å². The number of allylic oxidation sites excluding steroid dienone is 2. The van der Waals surface area contributed by atoms with Crippen LogP contribution in [-0.2, 0) is 26.5 Å². The number of carbonyl (C=O) groups is 1. The number of fused-ring (bicyclic) bond motifs is 8. The summed E-state index contributed by atoms with van der Waals surface area (Å²) in [5.41, 5.74) is 2.62. The highest BCUT2D eigenvalue weighted by Gasteiger charge is 2.69. The third-order valence-electron chi connectivity index (χ3n) is 14.2. The lowest BCUT2D eigenvalue weighted by atomic mass is 9.33. The molecule has 0 radical (unpaired) electrons. The second-order valence-corrected chi connectivity index (χ2v) is 18.1. The van der Waals surface area contributed by atoms with Crippen LogP contribution in [0.1, 0.15) is 112 Å². The van der Waals surface area contributed by atoms with Gasteiger partial charge in [0.2, 0.25) is 15.0 Å². The number of hydrogen-bond acceptors (Lipinski definition) is 5. The van der Waals surface area contributed by atoms with Crippen LogP contribution in [0.3, 0.4) is 0 Å². The molecule has 41 heavy (non-hydrogen) atoms. The quantitative estimate of drug-likeness (QED) is 0.304. The first-order valence-corrected chi connectivity index (χ1v) is 17.7. The summed E-state index contributed by atoms with van der Waals surface area (Å²) in [6.07, 6.45) is 11.9. The molecule has 7 heteroatoms. The number of aliphatic carboxylic acids is 1. The minimum Gasteiger partial charge on any atom is -0.481 e. The predicted molar refractivity (Wildman–Crippen MR) is 160 cm³/mol. The zero-order valence-electron chi connectivity index (χ0n) is 26.4. The minimum atomic E-state index is -3.48. The van der Waals surface area contributed by atoms with Crippen LogP contribution in [-0.4, -0.2) is 35.2 Å². The Balaban J connectivity index is 1.46. The van der Waals surface area contributed by atoms with E-state index in [1.165, 1.54) is 5.57 Å². The van der Waals surface area contributed by atoms with Crippen molar-refractivity contribution in [1.29, 1.82) is 0 Å². The molecule has 0 aromatic carbocycles. The zero-order valence-corrected chi connectivity index (χ0v) is 27.2. The summed E-state index contributed by atoms with van der Waals surface area (Å²) in [6, 6.07) is 0. The molecule has 5 aliphatic rings. The third kappa shape index (κ3) is 3.59. The molecule has 0 aliphatic heterocycles. The van der Waals surface area contributed by atoms with E-state index in [-0.39, 0.29) is 38.5 Å². The van der Waals surface area contributed by atoms with Crippen LogP contribution in [0.5, 0.6) is 0 Å². The van der Waals surface area contributed by atoms with Crippen molar-refractivity contribution in [3.8, 4) is 0 Å². The second kappa shape index (κ2) is 8.89. The number of carboxylic acid groups (broad SMARTS) is 1. The fourth-order valence-electron chi connectivity index (χ4n) is 11.6. The molecule has 1 heterocycles. The standard InChI is InChI=1S/C34H50N2O4S/c1-9-41(39,40)29-35-19-22-18-31(6)24(30(4,5)27(22)36-29)13-14-33(8)25(31)11-10-23-26-21(3)20(2)12-15-34(26,28(37)38)17-16-32(23,33)7/h10,19-21,24-26H,9,11-18H2,1-8H3,(H,37,38). The molecule has 3 saturated carbocycles. The van der Waals surface area contributed by atoms with E-state index in [9.17, 15) is 18.3 Å². The van der Waals surface area contributed by atoms with Crippen molar-refractivity contribution in [2.45, 2.75) is 117 Å². The average molecular weight is 583 g/mol. The fraction of sp³-hybridized carbons (Fsp3) is 0.794. The monoisotopic (exact) mass is 582 g/mol. The van der Waals surface area contributed by atoms with Gasteiger partial charge in [0.25, 0.3) is 0 Å². The maximum absolute atomic E-state index is 13.0. The molecule has 9 unspecified atom stereocenters. The lowest BCUT2D eigenvalue weighted by Gasteiger charge is -2.70. The molecule has 0 saturated heterocycles. The van der Waals surface area contributed by atoms with Crippen LogP contribution >= 0.6 is 0 Å². The molecule has 1 aromatic rings. The molecule has 1 aromatic heterocycles. The molecule has 0 amide bonds. The van der Waals surface area contributed by atoms with Gasteiger partial charge in [-0.2, -0.15) is 0 Å². The maximum atomic E-state index is 13.0. The minimum absolute atomic E-state index is 0.00257. The van der Waals surface area contributed by atoms with Gasteiger partial charge in [0, 0.05) is 11.6 Å². The number of sulfone groups is 1. The van der Waals surface area contributed by atoms with Crippen molar-refractivity contribution in [1.82, 2.24) is 9.97 Å². The molecule has 1 N–H and O–H groups in total. The first-order valence-electron chi connectivity index (χ1n) is 16.0. The lowest BCUT2D eigenvalue weighted by molar-refractivity contribution is -0.179. The Morgan fingerprint density at radius 3 is 2.39 bits per heavy atom. The van der Waals surface area contributed by atoms with Gasteiger partial charge in [-0.3, -0.25) is 4.79 Å². The molecule has 3 fully saturated rings. The Bertz CT molecular complexity index is 1430. The summed E-state index contributed by atoms with van der Waals surface area (Å²) in [4.78, 5) is 22.1. The Morgan fingerprint density at radius 1 is 1.02 bits per heavy atom. The van der Waals surface area contributed by atoms with Gasteiger partial charge in [-0.25, -0.2) is 18.4 Å². The lowest BCUT2D eigenvalue weighted by Crippen LogP contribution is -2.65. The molecular weight excluding hydrogens is 532 g/mol. The van der Waals surface area contributed by atoms with Gasteiger partial charge in [0.15, 0.2) is 0 Å². The molecule has 0 bridgehead atoms. The first-order chi connectivity index (χ1) is 19.0. The summed E-state index contributed by atoms with van der Waals surface area (Å²) in [6.45, 7) is 18.3. The van der Waals surface area contributed by atoms with E-state index in [4.69, 9.17) is 4.98 Å². The van der Waals surface area contributed by atoms with Gasteiger partial charge >= 0.3 is 5.97 Å². The van der Waals surface area contributed by atoms with Crippen molar-refractivity contribution in [2.24, 2.45) is 51.2 Å². The average Bonchev–Trinajstić information content (AvgIpc) is 2.90. The highest BCUT2D eigenvalue weighted by molar-refractivity contribution is 7.91. The fourth-order valence-corrected chi connectivity index (χ4v) is 12.3. The summed E-state index contributed by atoms with van der Waals surface area (Å²) in [5, 5.41) is 10.6. The van der Waals surface area contributed by atoms with Gasteiger partial charge in [-0.05, 0) is 103 Å². The Labute approximate surface area is 247 Å². The summed E-state index contributed by atoms with van der Waals surface area (Å²) in [5.74, 6) is 1.26. The molecule has 226 valence electrons. The van der Waals surface area contributed by atoms with Crippen LogP contribution in [0, 0.1) is 51.2 Å². The number of nitrogens with zero attached hydrogens (tertiary/aromatic N) is 2. The number of aromatic nitrogens is 2. The third-order valence-corrected chi connectivity index (χ3v) is 15.7. The Kier molecular flexibility index (Phi) is 6.36. The molecule has 9 atom stereocenters. The molecule has 6 nitrogen and oxygen atoms in total. The highest BCUT2D eigenvalue weighted by Crippen LogP contribution is 2.75. The van der Waals surface area contributed by atoms with Crippen LogP contribution in [0.4, 0.5) is 0 Å². The number of hydrogen-bond donors (Lipinski definition) is 1. The zero-order chi connectivity index (χ0) is 30.0. The maximum Gasteiger partial charge on any atom is 0.310 e. The van der Waals surface area contributed by atoms with Crippen LogP contribution in [0.15, 0.2) is 23.0 Å². The highest BCUT2D eigenvalue weighted by atomic mass is 32.2. The van der Waals surface area contributed by atoms with Gasteiger partial charge in [0.05, 0.1) is 16.9 Å². The molecule has 0 spiro atoms. The first kappa shape index (κ1) is 29.3. The van der Waals surface area contributed by atoms with Gasteiger partial charge in [0.1, 0.15) is 0 Å². The van der Waals surface area contributed by atoms with E-state index in [0.29, 0.717) is 23.7 Å². The van der Waals surface area contributed by atoms with E-state index >= 15 is 0 Å². The Hall–Kier alpha value is -1.76. The van der Waals surface area contributed by atoms with E-state index in [1.807, 2.05) is 0 Å². The topological polar surface area (TPSA) is 97.2 Å². The largest absolute Gasteiger partial charge is 0.481 e. The smallest absolute Gasteiger partial charge is 0.310 e. The van der Waals surface area contributed by atoms with E-state index in [1.54, 1.807) is 13.1 Å². The predicted octanol–water partition coefficient (Wildman–Crippen LogP) is 7.03. The van der Waals surface area contributed by atoms with Crippen LogP contribution in [0.25, 0.3) is 0 Å². The van der Waals surface area contributed by atoms with Crippen LogP contribution in [0.2, 0.25) is 0 Å².